The van der Waals surface area contributed by atoms with E-state index in [2.05, 4.69) is 10.3 Å². The van der Waals surface area contributed by atoms with E-state index >= 15 is 0 Å². The van der Waals surface area contributed by atoms with Gasteiger partial charge in [0.1, 0.15) is 5.82 Å². The number of nitrogens with one attached hydrogen (secondary N) is 1. The molecule has 0 fully saturated rings. The summed E-state index contributed by atoms with van der Waals surface area (Å²) in [5.41, 5.74) is 2.86. The third-order valence-corrected chi connectivity index (χ3v) is 3.56. The lowest BCUT2D eigenvalue weighted by atomic mass is 9.96. The highest BCUT2D eigenvalue weighted by Gasteiger charge is 2.15. The Bertz CT molecular complexity index is 586. The summed E-state index contributed by atoms with van der Waals surface area (Å²) in [6.45, 7) is 4.87. The quantitative estimate of drug-likeness (QED) is 0.898. The molecular formula is C16H18ClFN2. The first kappa shape index (κ1) is 14.9. The van der Waals surface area contributed by atoms with Crippen molar-refractivity contribution in [2.24, 2.45) is 0 Å². The second-order valence-electron chi connectivity index (χ2n) is 4.78. The van der Waals surface area contributed by atoms with Crippen LogP contribution in [0.4, 0.5) is 4.39 Å². The standard InChI is InChI=1S/C16H18ClFN2/c1-3-20-16(14-6-7-19-10-11(14)2)9-12-8-13(17)4-5-15(12)18/h4-8,10,16,20H,3,9H2,1-2H3. The van der Waals surface area contributed by atoms with Gasteiger partial charge in [0.15, 0.2) is 0 Å². The van der Waals surface area contributed by atoms with Crippen LogP contribution in [0, 0.1) is 12.7 Å². The minimum Gasteiger partial charge on any atom is -0.310 e. The molecule has 0 radical (unpaired) electrons. The lowest BCUT2D eigenvalue weighted by Crippen LogP contribution is -2.24. The van der Waals surface area contributed by atoms with Gasteiger partial charge >= 0.3 is 0 Å². The van der Waals surface area contributed by atoms with Crippen molar-refractivity contribution < 1.29 is 4.39 Å². The average molecular weight is 293 g/mol. The fourth-order valence-corrected chi connectivity index (χ4v) is 2.53. The van der Waals surface area contributed by atoms with Crippen LogP contribution in [0.2, 0.25) is 5.02 Å². The molecule has 0 saturated carbocycles. The Kier molecular flexibility index (Phi) is 5.10. The van der Waals surface area contributed by atoms with Gasteiger partial charge in [-0.25, -0.2) is 4.39 Å². The van der Waals surface area contributed by atoms with Gasteiger partial charge in [0.25, 0.3) is 0 Å². The number of hydrogen-bond acceptors (Lipinski definition) is 2. The highest BCUT2D eigenvalue weighted by Crippen LogP contribution is 2.24. The van der Waals surface area contributed by atoms with E-state index in [4.69, 9.17) is 11.6 Å². The molecule has 2 nitrogen and oxygen atoms in total. The minimum absolute atomic E-state index is 0.0518. The monoisotopic (exact) mass is 292 g/mol. The van der Waals surface area contributed by atoms with E-state index < -0.39 is 0 Å². The van der Waals surface area contributed by atoms with Gasteiger partial charge in [-0.3, -0.25) is 4.98 Å². The number of halogens is 2. The smallest absolute Gasteiger partial charge is 0.126 e. The summed E-state index contributed by atoms with van der Waals surface area (Å²) < 4.78 is 13.9. The predicted octanol–water partition coefficient (Wildman–Crippen LogP) is 4.08. The molecule has 0 aliphatic heterocycles. The van der Waals surface area contributed by atoms with E-state index in [1.54, 1.807) is 18.3 Å². The zero-order valence-electron chi connectivity index (χ0n) is 11.7. The van der Waals surface area contributed by atoms with Crippen LogP contribution in [0.3, 0.4) is 0 Å². The molecule has 0 bridgehead atoms. The summed E-state index contributed by atoms with van der Waals surface area (Å²) in [5, 5.41) is 3.96. The Labute approximate surface area is 124 Å². The third-order valence-electron chi connectivity index (χ3n) is 3.32. The molecule has 0 saturated heterocycles. The fraction of sp³-hybridized carbons (Fsp3) is 0.312. The average Bonchev–Trinajstić information content (AvgIpc) is 2.43. The van der Waals surface area contributed by atoms with E-state index in [1.807, 2.05) is 26.1 Å². The molecule has 1 unspecified atom stereocenters. The number of likely N-dealkylation sites (N-methyl/N-ethyl adjacent to an activating group) is 1. The van der Waals surface area contributed by atoms with Crippen molar-refractivity contribution in [1.82, 2.24) is 10.3 Å². The fourth-order valence-electron chi connectivity index (χ4n) is 2.33. The molecule has 2 rings (SSSR count). The van der Waals surface area contributed by atoms with Gasteiger partial charge in [0.05, 0.1) is 0 Å². The normalized spacial score (nSPS) is 12.4. The Morgan fingerprint density at radius 2 is 2.15 bits per heavy atom. The molecule has 0 aliphatic carbocycles. The number of pyridine rings is 1. The number of aryl methyl sites for hydroxylation is 1. The van der Waals surface area contributed by atoms with Crippen molar-refractivity contribution >= 4 is 11.6 Å². The first-order valence-corrected chi connectivity index (χ1v) is 7.07. The number of benzene rings is 1. The van der Waals surface area contributed by atoms with Crippen LogP contribution in [0.15, 0.2) is 36.7 Å². The summed E-state index contributed by atoms with van der Waals surface area (Å²) in [7, 11) is 0. The van der Waals surface area contributed by atoms with Crippen LogP contribution < -0.4 is 5.32 Å². The summed E-state index contributed by atoms with van der Waals surface area (Å²) in [4.78, 5) is 4.10. The minimum atomic E-state index is -0.219. The Morgan fingerprint density at radius 3 is 2.85 bits per heavy atom. The molecule has 0 aliphatic rings. The Morgan fingerprint density at radius 1 is 1.35 bits per heavy atom. The molecule has 2 aromatic rings. The summed E-state index contributed by atoms with van der Waals surface area (Å²) in [6.07, 6.45) is 4.15. The molecule has 1 heterocycles. The van der Waals surface area contributed by atoms with E-state index in [1.165, 1.54) is 6.07 Å². The number of rotatable bonds is 5. The molecule has 20 heavy (non-hydrogen) atoms. The van der Waals surface area contributed by atoms with Gasteiger partial charge in [-0.2, -0.15) is 0 Å². The lowest BCUT2D eigenvalue weighted by molar-refractivity contribution is 0.525. The van der Waals surface area contributed by atoms with Crippen molar-refractivity contribution in [3.8, 4) is 0 Å². The van der Waals surface area contributed by atoms with E-state index in [0.29, 0.717) is 17.0 Å². The predicted molar refractivity (Wildman–Crippen MR) is 80.5 cm³/mol. The number of aromatic nitrogens is 1. The largest absolute Gasteiger partial charge is 0.310 e. The van der Waals surface area contributed by atoms with Gasteiger partial charge in [-0.15, -0.1) is 0 Å². The Balaban J connectivity index is 2.30. The number of hydrogen-bond donors (Lipinski definition) is 1. The molecule has 1 aromatic carbocycles. The van der Waals surface area contributed by atoms with E-state index in [-0.39, 0.29) is 11.9 Å². The highest BCUT2D eigenvalue weighted by atomic mass is 35.5. The van der Waals surface area contributed by atoms with Crippen molar-refractivity contribution in [3.05, 3.63) is 64.2 Å². The summed E-state index contributed by atoms with van der Waals surface area (Å²) in [6, 6.07) is 6.71. The first-order chi connectivity index (χ1) is 9.61. The SMILES string of the molecule is CCNC(Cc1cc(Cl)ccc1F)c1ccncc1C. The van der Waals surface area contributed by atoms with Gasteiger partial charge in [-0.05, 0) is 60.8 Å². The van der Waals surface area contributed by atoms with Gasteiger partial charge in [0, 0.05) is 23.5 Å². The van der Waals surface area contributed by atoms with Crippen LogP contribution in [0.1, 0.15) is 29.7 Å². The van der Waals surface area contributed by atoms with Crippen molar-refractivity contribution in [2.45, 2.75) is 26.3 Å². The summed E-state index contributed by atoms with van der Waals surface area (Å²) >= 11 is 5.96. The first-order valence-electron chi connectivity index (χ1n) is 6.69. The second kappa shape index (κ2) is 6.82. The maximum absolute atomic E-state index is 13.9. The van der Waals surface area contributed by atoms with Crippen LogP contribution in [0.5, 0.6) is 0 Å². The van der Waals surface area contributed by atoms with Crippen molar-refractivity contribution in [2.75, 3.05) is 6.54 Å². The molecule has 1 atom stereocenters. The van der Waals surface area contributed by atoms with Crippen molar-refractivity contribution in [1.29, 1.82) is 0 Å². The van der Waals surface area contributed by atoms with Crippen LogP contribution in [-0.2, 0) is 6.42 Å². The maximum atomic E-state index is 13.9. The van der Waals surface area contributed by atoms with Crippen molar-refractivity contribution in [3.63, 3.8) is 0 Å². The van der Waals surface area contributed by atoms with Gasteiger partial charge in [-0.1, -0.05) is 18.5 Å². The molecule has 1 N–H and O–H groups in total. The van der Waals surface area contributed by atoms with Gasteiger partial charge in [0.2, 0.25) is 0 Å². The topological polar surface area (TPSA) is 24.9 Å². The maximum Gasteiger partial charge on any atom is 0.126 e. The van der Waals surface area contributed by atoms with Crippen LogP contribution >= 0.6 is 11.6 Å². The van der Waals surface area contributed by atoms with Crippen LogP contribution in [0.25, 0.3) is 0 Å². The molecule has 0 amide bonds. The zero-order chi connectivity index (χ0) is 14.5. The molecule has 0 spiro atoms. The molecule has 4 heteroatoms. The lowest BCUT2D eigenvalue weighted by Gasteiger charge is -2.20. The van der Waals surface area contributed by atoms with E-state index in [9.17, 15) is 4.39 Å². The van der Waals surface area contributed by atoms with Gasteiger partial charge < -0.3 is 5.32 Å². The second-order valence-corrected chi connectivity index (χ2v) is 5.22. The zero-order valence-corrected chi connectivity index (χ0v) is 12.4. The van der Waals surface area contributed by atoms with Crippen LogP contribution in [-0.4, -0.2) is 11.5 Å². The third kappa shape index (κ3) is 3.56. The Hall–Kier alpha value is -1.45. The molecule has 1 aromatic heterocycles. The molecule has 106 valence electrons. The summed E-state index contributed by atoms with van der Waals surface area (Å²) in [5.74, 6) is -0.219. The molecular weight excluding hydrogens is 275 g/mol. The van der Waals surface area contributed by atoms with E-state index in [0.717, 1.165) is 17.7 Å². The highest BCUT2D eigenvalue weighted by molar-refractivity contribution is 6.30. The number of nitrogens with zero attached hydrogens (tertiary/aromatic N) is 1.